The molecule has 110 valence electrons. The first-order valence-corrected chi connectivity index (χ1v) is 7.71. The third-order valence-electron chi connectivity index (χ3n) is 4.08. The first-order valence-electron chi connectivity index (χ1n) is 7.71. The number of nitrogens with one attached hydrogen (secondary N) is 1. The SMILES string of the molecule is Fc1ccc(OCCC2CC2)c(N2CCCNCC2)c1. The lowest BCUT2D eigenvalue weighted by atomic mass is 10.2. The summed E-state index contributed by atoms with van der Waals surface area (Å²) < 4.78 is 19.5. The fourth-order valence-corrected chi connectivity index (χ4v) is 2.69. The van der Waals surface area contributed by atoms with Crippen molar-refractivity contribution in [2.45, 2.75) is 25.7 Å². The monoisotopic (exact) mass is 278 g/mol. The number of hydrogen-bond donors (Lipinski definition) is 1. The summed E-state index contributed by atoms with van der Waals surface area (Å²) in [5, 5.41) is 3.37. The molecule has 0 bridgehead atoms. The van der Waals surface area contributed by atoms with Gasteiger partial charge in [-0.1, -0.05) is 12.8 Å². The number of ether oxygens (including phenoxy) is 1. The molecule has 20 heavy (non-hydrogen) atoms. The fourth-order valence-electron chi connectivity index (χ4n) is 2.69. The molecular weight excluding hydrogens is 255 g/mol. The molecule has 2 fully saturated rings. The van der Waals surface area contributed by atoms with Gasteiger partial charge in [0.2, 0.25) is 0 Å². The van der Waals surface area contributed by atoms with Crippen LogP contribution in [0.3, 0.4) is 0 Å². The van der Waals surface area contributed by atoms with Crippen molar-refractivity contribution in [2.24, 2.45) is 5.92 Å². The van der Waals surface area contributed by atoms with Gasteiger partial charge in [-0.25, -0.2) is 4.39 Å². The standard InChI is InChI=1S/C16H23FN2O/c17-14-4-5-16(20-11-6-13-2-3-13)15(12-14)19-9-1-7-18-8-10-19/h4-5,12-13,18H,1-3,6-11H2. The Bertz CT molecular complexity index is 440. The van der Waals surface area contributed by atoms with Crippen molar-refractivity contribution in [2.75, 3.05) is 37.7 Å². The second kappa shape index (κ2) is 6.44. The van der Waals surface area contributed by atoms with E-state index < -0.39 is 0 Å². The van der Waals surface area contributed by atoms with E-state index in [1.165, 1.54) is 18.9 Å². The predicted molar refractivity (Wildman–Crippen MR) is 78.9 cm³/mol. The Kier molecular flexibility index (Phi) is 4.41. The largest absolute Gasteiger partial charge is 0.491 e. The minimum Gasteiger partial charge on any atom is -0.491 e. The van der Waals surface area contributed by atoms with Crippen molar-refractivity contribution >= 4 is 5.69 Å². The highest BCUT2D eigenvalue weighted by atomic mass is 19.1. The summed E-state index contributed by atoms with van der Waals surface area (Å²) in [6.07, 6.45) is 4.89. The van der Waals surface area contributed by atoms with Gasteiger partial charge >= 0.3 is 0 Å². The van der Waals surface area contributed by atoms with Crippen LogP contribution in [-0.2, 0) is 0 Å². The van der Waals surface area contributed by atoms with Crippen molar-refractivity contribution in [3.05, 3.63) is 24.0 Å². The number of nitrogens with zero attached hydrogens (tertiary/aromatic N) is 1. The van der Waals surface area contributed by atoms with Gasteiger partial charge in [-0.3, -0.25) is 0 Å². The summed E-state index contributed by atoms with van der Waals surface area (Å²) in [7, 11) is 0. The van der Waals surface area contributed by atoms with Gasteiger partial charge in [-0.15, -0.1) is 0 Å². The molecule has 1 saturated heterocycles. The first-order chi connectivity index (χ1) is 9.83. The number of rotatable bonds is 5. The van der Waals surface area contributed by atoms with Crippen LogP contribution in [0, 0.1) is 11.7 Å². The highest BCUT2D eigenvalue weighted by molar-refractivity contribution is 5.58. The molecule has 1 aliphatic heterocycles. The van der Waals surface area contributed by atoms with Crippen LogP contribution in [0.4, 0.5) is 10.1 Å². The molecule has 0 spiro atoms. The molecule has 4 heteroatoms. The third-order valence-corrected chi connectivity index (χ3v) is 4.08. The minimum atomic E-state index is -0.188. The van der Waals surface area contributed by atoms with Crippen LogP contribution in [-0.4, -0.2) is 32.8 Å². The van der Waals surface area contributed by atoms with Gasteiger partial charge in [-0.2, -0.15) is 0 Å². The van der Waals surface area contributed by atoms with E-state index in [2.05, 4.69) is 10.2 Å². The molecule has 0 unspecified atom stereocenters. The van der Waals surface area contributed by atoms with Crippen LogP contribution in [0.1, 0.15) is 25.7 Å². The summed E-state index contributed by atoms with van der Waals surface area (Å²) in [4.78, 5) is 2.23. The second-order valence-electron chi connectivity index (χ2n) is 5.78. The third kappa shape index (κ3) is 3.63. The van der Waals surface area contributed by atoms with E-state index in [9.17, 15) is 4.39 Å². The minimum absolute atomic E-state index is 0.188. The molecule has 0 amide bonds. The van der Waals surface area contributed by atoms with Crippen LogP contribution in [0.2, 0.25) is 0 Å². The zero-order valence-electron chi connectivity index (χ0n) is 11.9. The number of halogens is 1. The highest BCUT2D eigenvalue weighted by Gasteiger charge is 2.21. The summed E-state index contributed by atoms with van der Waals surface area (Å²) >= 11 is 0. The Hall–Kier alpha value is -1.29. The Morgan fingerprint density at radius 1 is 1.25 bits per heavy atom. The van der Waals surface area contributed by atoms with Crippen molar-refractivity contribution < 1.29 is 9.13 Å². The molecule has 1 saturated carbocycles. The van der Waals surface area contributed by atoms with Crippen LogP contribution in [0.25, 0.3) is 0 Å². The van der Waals surface area contributed by atoms with Crippen molar-refractivity contribution in [3.8, 4) is 5.75 Å². The van der Waals surface area contributed by atoms with Crippen LogP contribution < -0.4 is 15.0 Å². The average Bonchev–Trinajstić information content (AvgIpc) is 3.26. The van der Waals surface area contributed by atoms with Crippen molar-refractivity contribution in [1.82, 2.24) is 5.32 Å². The van der Waals surface area contributed by atoms with Crippen molar-refractivity contribution in [1.29, 1.82) is 0 Å². The number of anilines is 1. The summed E-state index contributed by atoms with van der Waals surface area (Å²) in [6, 6.07) is 4.87. The molecule has 1 aliphatic carbocycles. The highest BCUT2D eigenvalue weighted by Crippen LogP contribution is 2.34. The molecule has 1 aromatic carbocycles. The Morgan fingerprint density at radius 2 is 2.15 bits per heavy atom. The zero-order chi connectivity index (χ0) is 13.8. The molecule has 1 heterocycles. The lowest BCUT2D eigenvalue weighted by molar-refractivity contribution is 0.302. The Balaban J connectivity index is 1.69. The molecule has 3 nitrogen and oxygen atoms in total. The van der Waals surface area contributed by atoms with E-state index in [0.717, 1.165) is 63.0 Å². The van der Waals surface area contributed by atoms with Crippen molar-refractivity contribution in [3.63, 3.8) is 0 Å². The summed E-state index contributed by atoms with van der Waals surface area (Å²) in [5.74, 6) is 1.50. The van der Waals surface area contributed by atoms with Gasteiger partial charge < -0.3 is 15.0 Å². The molecule has 0 atom stereocenters. The molecule has 3 rings (SSSR count). The molecule has 0 aromatic heterocycles. The van der Waals surface area contributed by atoms with E-state index in [4.69, 9.17) is 4.74 Å². The van der Waals surface area contributed by atoms with Gasteiger partial charge in [0, 0.05) is 25.7 Å². The predicted octanol–water partition coefficient (Wildman–Crippen LogP) is 2.80. The molecule has 1 aromatic rings. The fraction of sp³-hybridized carbons (Fsp3) is 0.625. The maximum Gasteiger partial charge on any atom is 0.142 e. The topological polar surface area (TPSA) is 24.5 Å². The van der Waals surface area contributed by atoms with Crippen LogP contribution in [0.15, 0.2) is 18.2 Å². The smallest absolute Gasteiger partial charge is 0.142 e. The number of benzene rings is 1. The van der Waals surface area contributed by atoms with Gasteiger partial charge in [-0.05, 0) is 37.4 Å². The average molecular weight is 278 g/mol. The molecular formula is C16H23FN2O. The normalized spacial score (nSPS) is 19.8. The van der Waals surface area contributed by atoms with E-state index in [1.807, 2.05) is 0 Å². The van der Waals surface area contributed by atoms with E-state index >= 15 is 0 Å². The molecule has 0 radical (unpaired) electrons. The van der Waals surface area contributed by atoms with Gasteiger partial charge in [0.25, 0.3) is 0 Å². The first kappa shape index (κ1) is 13.7. The lowest BCUT2D eigenvalue weighted by Gasteiger charge is -2.25. The maximum absolute atomic E-state index is 13.6. The maximum atomic E-state index is 13.6. The van der Waals surface area contributed by atoms with Gasteiger partial charge in [0.05, 0.1) is 12.3 Å². The van der Waals surface area contributed by atoms with E-state index in [1.54, 1.807) is 12.1 Å². The van der Waals surface area contributed by atoms with E-state index in [0.29, 0.717) is 0 Å². The zero-order valence-corrected chi connectivity index (χ0v) is 11.9. The van der Waals surface area contributed by atoms with Crippen LogP contribution >= 0.6 is 0 Å². The van der Waals surface area contributed by atoms with Crippen LogP contribution in [0.5, 0.6) is 5.75 Å². The lowest BCUT2D eigenvalue weighted by Crippen LogP contribution is -2.28. The molecule has 2 aliphatic rings. The quantitative estimate of drug-likeness (QED) is 0.896. The second-order valence-corrected chi connectivity index (χ2v) is 5.78. The summed E-state index contributed by atoms with van der Waals surface area (Å²) in [6.45, 7) is 4.58. The molecule has 1 N–H and O–H groups in total. The Labute approximate surface area is 120 Å². The Morgan fingerprint density at radius 3 is 3.00 bits per heavy atom. The van der Waals surface area contributed by atoms with E-state index in [-0.39, 0.29) is 5.82 Å². The van der Waals surface area contributed by atoms with Gasteiger partial charge in [0.1, 0.15) is 11.6 Å². The number of hydrogen-bond acceptors (Lipinski definition) is 3. The van der Waals surface area contributed by atoms with Gasteiger partial charge in [0.15, 0.2) is 0 Å². The summed E-state index contributed by atoms with van der Waals surface area (Å²) in [5.41, 5.74) is 0.907.